The van der Waals surface area contributed by atoms with Crippen molar-refractivity contribution in [3.05, 3.63) is 43.0 Å². The van der Waals surface area contributed by atoms with Gasteiger partial charge in [0.15, 0.2) is 11.4 Å². The number of fused-ring (bicyclic) bond motifs is 2. The summed E-state index contributed by atoms with van der Waals surface area (Å²) in [5.74, 6) is 0.193. The third-order valence-electron chi connectivity index (χ3n) is 4.85. The van der Waals surface area contributed by atoms with Crippen LogP contribution in [-0.4, -0.2) is 38.5 Å². The standard InChI is InChI=1S/C19H16FN5O2/c1-27-16-10(4-6-25-7-5-21-18(16)25)13-9-22-17-11(13)2-3-15(23-17)24-19(26)12-8-14(12)20/h2-7,9,12,14H,8H2,1H3,(H2,22,23,24,26). The Morgan fingerprint density at radius 1 is 1.33 bits per heavy atom. The number of alkyl halides is 1. The second-order valence-corrected chi connectivity index (χ2v) is 6.56. The van der Waals surface area contributed by atoms with E-state index in [-0.39, 0.29) is 12.3 Å². The number of H-pyrrole nitrogens is 1. The number of anilines is 1. The summed E-state index contributed by atoms with van der Waals surface area (Å²) in [5.41, 5.74) is 3.16. The quantitative estimate of drug-likeness (QED) is 0.582. The SMILES string of the molecule is COc1c(-c2c[nH]c3nc(NC(=O)C4CC4F)ccc23)ccn2ccnc12. The molecule has 0 aromatic carbocycles. The molecule has 27 heavy (non-hydrogen) atoms. The number of methoxy groups -OCH3 is 1. The van der Waals surface area contributed by atoms with E-state index >= 15 is 0 Å². The van der Waals surface area contributed by atoms with Gasteiger partial charge in [0.25, 0.3) is 0 Å². The van der Waals surface area contributed by atoms with Crippen molar-refractivity contribution in [2.75, 3.05) is 12.4 Å². The number of amides is 1. The van der Waals surface area contributed by atoms with E-state index in [1.54, 1.807) is 19.4 Å². The Morgan fingerprint density at radius 3 is 2.96 bits per heavy atom. The topological polar surface area (TPSA) is 84.3 Å². The predicted octanol–water partition coefficient (Wildman–Crippen LogP) is 3.18. The summed E-state index contributed by atoms with van der Waals surface area (Å²) in [6.07, 6.45) is 6.60. The third-order valence-corrected chi connectivity index (χ3v) is 4.85. The maximum Gasteiger partial charge on any atom is 0.231 e. The zero-order chi connectivity index (χ0) is 18.5. The maximum atomic E-state index is 13.0. The summed E-state index contributed by atoms with van der Waals surface area (Å²) in [6.45, 7) is 0. The Labute approximate surface area is 153 Å². The molecule has 0 bridgehead atoms. The Balaban J connectivity index is 1.54. The number of rotatable bonds is 4. The Morgan fingerprint density at radius 2 is 2.19 bits per heavy atom. The van der Waals surface area contributed by atoms with Crippen LogP contribution in [0.2, 0.25) is 0 Å². The number of hydrogen-bond acceptors (Lipinski definition) is 4. The molecular weight excluding hydrogens is 349 g/mol. The van der Waals surface area contributed by atoms with E-state index in [1.165, 1.54) is 0 Å². The van der Waals surface area contributed by atoms with Crippen LogP contribution in [0.3, 0.4) is 0 Å². The minimum Gasteiger partial charge on any atom is -0.492 e. The number of hydrogen-bond donors (Lipinski definition) is 2. The molecule has 2 N–H and O–H groups in total. The van der Waals surface area contributed by atoms with E-state index in [9.17, 15) is 9.18 Å². The van der Waals surface area contributed by atoms with Crippen LogP contribution < -0.4 is 10.1 Å². The van der Waals surface area contributed by atoms with Gasteiger partial charge in [-0.15, -0.1) is 0 Å². The van der Waals surface area contributed by atoms with Crippen molar-refractivity contribution < 1.29 is 13.9 Å². The summed E-state index contributed by atoms with van der Waals surface area (Å²) in [4.78, 5) is 23.8. The van der Waals surface area contributed by atoms with Crippen LogP contribution in [0, 0.1) is 5.92 Å². The summed E-state index contributed by atoms with van der Waals surface area (Å²) in [7, 11) is 1.62. The van der Waals surface area contributed by atoms with E-state index in [1.807, 2.05) is 35.1 Å². The van der Waals surface area contributed by atoms with Crippen molar-refractivity contribution in [3.8, 4) is 16.9 Å². The molecule has 1 aliphatic rings. The summed E-state index contributed by atoms with van der Waals surface area (Å²) < 4.78 is 20.5. The smallest absolute Gasteiger partial charge is 0.231 e. The molecule has 1 aliphatic carbocycles. The molecule has 1 saturated carbocycles. The molecule has 1 amide bonds. The summed E-state index contributed by atoms with van der Waals surface area (Å²) in [5, 5.41) is 3.56. The van der Waals surface area contributed by atoms with Gasteiger partial charge < -0.3 is 19.4 Å². The highest BCUT2D eigenvalue weighted by Gasteiger charge is 2.43. The number of nitrogens with zero attached hydrogens (tertiary/aromatic N) is 3. The van der Waals surface area contributed by atoms with Crippen LogP contribution in [0.1, 0.15) is 6.42 Å². The molecule has 2 atom stereocenters. The molecule has 1 fully saturated rings. The Hall–Kier alpha value is -3.42. The first-order valence-corrected chi connectivity index (χ1v) is 8.59. The molecule has 0 spiro atoms. The van der Waals surface area contributed by atoms with Crippen molar-refractivity contribution in [3.63, 3.8) is 0 Å². The first-order valence-electron chi connectivity index (χ1n) is 8.59. The molecule has 8 heteroatoms. The summed E-state index contributed by atoms with van der Waals surface area (Å²) >= 11 is 0. The molecule has 7 nitrogen and oxygen atoms in total. The predicted molar refractivity (Wildman–Crippen MR) is 98.5 cm³/mol. The fourth-order valence-corrected chi connectivity index (χ4v) is 3.32. The van der Waals surface area contributed by atoms with Crippen LogP contribution >= 0.6 is 0 Å². The van der Waals surface area contributed by atoms with E-state index in [4.69, 9.17) is 4.74 Å². The number of nitrogens with one attached hydrogen (secondary N) is 2. The third kappa shape index (κ3) is 2.52. The van der Waals surface area contributed by atoms with Gasteiger partial charge in [-0.3, -0.25) is 4.79 Å². The monoisotopic (exact) mass is 365 g/mol. The van der Waals surface area contributed by atoms with Gasteiger partial charge in [0.1, 0.15) is 17.6 Å². The van der Waals surface area contributed by atoms with Crippen molar-refractivity contribution in [2.45, 2.75) is 12.6 Å². The maximum absolute atomic E-state index is 13.0. The molecule has 0 radical (unpaired) electrons. The molecule has 4 heterocycles. The molecule has 0 aliphatic heterocycles. The van der Waals surface area contributed by atoms with E-state index in [0.717, 1.165) is 22.2 Å². The number of imidazole rings is 1. The Kier molecular flexibility index (Phi) is 3.40. The number of halogens is 1. The molecule has 136 valence electrons. The van der Waals surface area contributed by atoms with Crippen LogP contribution in [0.4, 0.5) is 10.2 Å². The average molecular weight is 365 g/mol. The zero-order valence-corrected chi connectivity index (χ0v) is 14.4. The van der Waals surface area contributed by atoms with Gasteiger partial charge in [-0.25, -0.2) is 14.4 Å². The average Bonchev–Trinajstić information content (AvgIpc) is 3.07. The molecular formula is C19H16FN5O2. The van der Waals surface area contributed by atoms with Gasteiger partial charge in [0, 0.05) is 41.3 Å². The molecule has 0 saturated heterocycles. The number of pyridine rings is 2. The molecule has 4 aromatic heterocycles. The van der Waals surface area contributed by atoms with Gasteiger partial charge in [0.2, 0.25) is 5.91 Å². The minimum atomic E-state index is -1.03. The number of carbonyl (C=O) groups excluding carboxylic acids is 1. The number of aromatic nitrogens is 4. The first kappa shape index (κ1) is 15.8. The lowest BCUT2D eigenvalue weighted by Gasteiger charge is -2.09. The highest BCUT2D eigenvalue weighted by Crippen LogP contribution is 2.37. The molecule has 5 rings (SSSR count). The van der Waals surface area contributed by atoms with Gasteiger partial charge in [-0.05, 0) is 24.6 Å². The van der Waals surface area contributed by atoms with Crippen molar-refractivity contribution >= 4 is 28.4 Å². The van der Waals surface area contributed by atoms with Crippen LogP contribution in [0.25, 0.3) is 27.8 Å². The van der Waals surface area contributed by atoms with Gasteiger partial charge in [0.05, 0.1) is 13.0 Å². The normalized spacial score (nSPS) is 18.7. The fraction of sp³-hybridized carbons (Fsp3) is 0.211. The Bertz CT molecular complexity index is 1180. The van der Waals surface area contributed by atoms with Crippen molar-refractivity contribution in [1.82, 2.24) is 19.4 Å². The van der Waals surface area contributed by atoms with Crippen molar-refractivity contribution in [2.24, 2.45) is 5.92 Å². The molecule has 4 aromatic rings. The van der Waals surface area contributed by atoms with E-state index in [0.29, 0.717) is 17.2 Å². The lowest BCUT2D eigenvalue weighted by atomic mass is 10.1. The van der Waals surface area contributed by atoms with Crippen molar-refractivity contribution in [1.29, 1.82) is 0 Å². The number of aromatic amines is 1. The van der Waals surface area contributed by atoms with Gasteiger partial charge in [-0.2, -0.15) is 0 Å². The lowest BCUT2D eigenvalue weighted by Crippen LogP contribution is -2.15. The second kappa shape index (κ2) is 5.80. The second-order valence-electron chi connectivity index (χ2n) is 6.56. The van der Waals surface area contributed by atoms with Gasteiger partial charge in [-0.1, -0.05) is 0 Å². The number of ether oxygens (including phenoxy) is 1. The zero-order valence-electron chi connectivity index (χ0n) is 14.4. The van der Waals surface area contributed by atoms with E-state index in [2.05, 4.69) is 20.3 Å². The number of carbonyl (C=O) groups is 1. The fourth-order valence-electron chi connectivity index (χ4n) is 3.32. The largest absolute Gasteiger partial charge is 0.492 e. The van der Waals surface area contributed by atoms with Crippen LogP contribution in [0.5, 0.6) is 5.75 Å². The molecule has 2 unspecified atom stereocenters. The highest BCUT2D eigenvalue weighted by molar-refractivity contribution is 5.99. The summed E-state index contributed by atoms with van der Waals surface area (Å²) in [6, 6.07) is 5.55. The minimum absolute atomic E-state index is 0.288. The van der Waals surface area contributed by atoms with E-state index < -0.39 is 12.1 Å². The van der Waals surface area contributed by atoms with Crippen LogP contribution in [0.15, 0.2) is 43.0 Å². The highest BCUT2D eigenvalue weighted by atomic mass is 19.1. The first-order chi connectivity index (χ1) is 13.2. The van der Waals surface area contributed by atoms with Crippen LogP contribution in [-0.2, 0) is 4.79 Å². The lowest BCUT2D eigenvalue weighted by molar-refractivity contribution is -0.117. The van der Waals surface area contributed by atoms with Gasteiger partial charge >= 0.3 is 0 Å².